The predicted molar refractivity (Wildman–Crippen MR) is 67.3 cm³/mol. The van der Waals surface area contributed by atoms with E-state index in [9.17, 15) is 4.79 Å². The summed E-state index contributed by atoms with van der Waals surface area (Å²) in [6.45, 7) is 2.50. The Morgan fingerprint density at radius 1 is 1.47 bits per heavy atom. The lowest BCUT2D eigenvalue weighted by atomic mass is 9.88. The van der Waals surface area contributed by atoms with E-state index in [0.29, 0.717) is 12.4 Å². The molecule has 4 heteroatoms. The van der Waals surface area contributed by atoms with Crippen molar-refractivity contribution < 1.29 is 4.79 Å². The third-order valence-corrected chi connectivity index (χ3v) is 3.56. The molecular weight excluding hydrogens is 214 g/mol. The van der Waals surface area contributed by atoms with Crippen LogP contribution in [0.25, 0.3) is 0 Å². The molecule has 1 fully saturated rings. The van der Waals surface area contributed by atoms with E-state index < -0.39 is 0 Å². The van der Waals surface area contributed by atoms with Crippen molar-refractivity contribution in [1.82, 2.24) is 4.98 Å². The molecule has 92 valence electrons. The molecule has 0 aliphatic heterocycles. The van der Waals surface area contributed by atoms with Gasteiger partial charge in [0.2, 0.25) is 5.91 Å². The first-order valence-electron chi connectivity index (χ1n) is 6.10. The normalized spacial score (nSPS) is 18.0. The van der Waals surface area contributed by atoms with E-state index in [1.807, 2.05) is 13.0 Å². The highest BCUT2D eigenvalue weighted by Crippen LogP contribution is 2.38. The molecule has 0 saturated heterocycles. The van der Waals surface area contributed by atoms with Gasteiger partial charge < -0.3 is 11.1 Å². The molecule has 1 heterocycles. The van der Waals surface area contributed by atoms with Crippen LogP contribution in [0.1, 0.15) is 38.2 Å². The summed E-state index contributed by atoms with van der Waals surface area (Å²) < 4.78 is 0. The van der Waals surface area contributed by atoms with Gasteiger partial charge in [0.05, 0.1) is 0 Å². The Labute approximate surface area is 102 Å². The maximum atomic E-state index is 12.1. The van der Waals surface area contributed by atoms with Gasteiger partial charge in [-0.1, -0.05) is 25.8 Å². The number of aromatic nitrogens is 1. The highest BCUT2D eigenvalue weighted by molar-refractivity contribution is 5.94. The number of pyridine rings is 1. The number of amides is 1. The molecule has 2 rings (SSSR count). The number of hydrogen-bond donors (Lipinski definition) is 2. The molecule has 4 nitrogen and oxygen atoms in total. The van der Waals surface area contributed by atoms with Gasteiger partial charge in [0, 0.05) is 18.2 Å². The molecule has 1 aromatic rings. The summed E-state index contributed by atoms with van der Waals surface area (Å²) in [6, 6.07) is 3.69. The second-order valence-corrected chi connectivity index (χ2v) is 4.98. The molecule has 0 radical (unpaired) electrons. The van der Waals surface area contributed by atoms with E-state index >= 15 is 0 Å². The van der Waals surface area contributed by atoms with Crippen LogP contribution in [0.15, 0.2) is 18.3 Å². The van der Waals surface area contributed by atoms with Gasteiger partial charge in [0.15, 0.2) is 0 Å². The number of rotatable bonds is 3. The highest BCUT2D eigenvalue weighted by Gasteiger charge is 2.36. The molecule has 3 N–H and O–H groups in total. The average molecular weight is 233 g/mol. The van der Waals surface area contributed by atoms with Gasteiger partial charge in [-0.3, -0.25) is 4.79 Å². The zero-order chi connectivity index (χ0) is 12.3. The molecule has 0 spiro atoms. The van der Waals surface area contributed by atoms with Crippen LogP contribution < -0.4 is 11.1 Å². The van der Waals surface area contributed by atoms with Crippen molar-refractivity contribution in [1.29, 1.82) is 0 Å². The zero-order valence-corrected chi connectivity index (χ0v) is 10.2. The number of nitrogens with one attached hydrogen (secondary N) is 1. The van der Waals surface area contributed by atoms with Crippen molar-refractivity contribution >= 4 is 11.7 Å². The smallest absolute Gasteiger partial charge is 0.231 e. The summed E-state index contributed by atoms with van der Waals surface area (Å²) >= 11 is 0. The van der Waals surface area contributed by atoms with Crippen LogP contribution in [0.3, 0.4) is 0 Å². The van der Waals surface area contributed by atoms with Gasteiger partial charge in [-0.05, 0) is 24.5 Å². The fourth-order valence-electron chi connectivity index (χ4n) is 2.27. The second-order valence-electron chi connectivity index (χ2n) is 4.98. The maximum absolute atomic E-state index is 12.1. The summed E-state index contributed by atoms with van der Waals surface area (Å²) in [4.78, 5) is 16.3. The number of carbonyl (C=O) groups is 1. The van der Waals surface area contributed by atoms with Crippen LogP contribution >= 0.6 is 0 Å². The molecule has 1 aliphatic carbocycles. The van der Waals surface area contributed by atoms with Crippen molar-refractivity contribution in [2.24, 2.45) is 11.1 Å². The Kier molecular flexibility index (Phi) is 3.43. The molecule has 0 unspecified atom stereocenters. The first kappa shape index (κ1) is 12.0. The topological polar surface area (TPSA) is 68.0 Å². The third kappa shape index (κ3) is 2.64. The van der Waals surface area contributed by atoms with Crippen molar-refractivity contribution in [2.75, 3.05) is 5.32 Å². The third-order valence-electron chi connectivity index (χ3n) is 3.56. The van der Waals surface area contributed by atoms with Crippen molar-refractivity contribution in [3.63, 3.8) is 0 Å². The van der Waals surface area contributed by atoms with E-state index in [1.165, 1.54) is 0 Å². The van der Waals surface area contributed by atoms with E-state index in [4.69, 9.17) is 5.73 Å². The summed E-state index contributed by atoms with van der Waals surface area (Å²) in [6.07, 6.45) is 5.93. The monoisotopic (exact) mass is 233 g/mol. The minimum absolute atomic E-state index is 0.0861. The highest BCUT2D eigenvalue weighted by atomic mass is 16.2. The molecule has 1 amide bonds. The SMILES string of the molecule is CC1(C(=O)Nc2ccc(CN)cn2)CCCC1. The van der Waals surface area contributed by atoms with Gasteiger partial charge in [-0.25, -0.2) is 4.98 Å². The molecule has 17 heavy (non-hydrogen) atoms. The summed E-state index contributed by atoms with van der Waals surface area (Å²) in [5.41, 5.74) is 6.25. The summed E-state index contributed by atoms with van der Waals surface area (Å²) in [7, 11) is 0. The molecule has 0 atom stereocenters. The molecule has 1 aromatic heterocycles. The van der Waals surface area contributed by atoms with Crippen LogP contribution in [0.2, 0.25) is 0 Å². The van der Waals surface area contributed by atoms with E-state index in [-0.39, 0.29) is 11.3 Å². The maximum Gasteiger partial charge on any atom is 0.231 e. The fourth-order valence-corrected chi connectivity index (χ4v) is 2.27. The Balaban J connectivity index is 2.02. The lowest BCUT2D eigenvalue weighted by Gasteiger charge is -2.21. The summed E-state index contributed by atoms with van der Waals surface area (Å²) in [5.74, 6) is 0.698. The average Bonchev–Trinajstić information content (AvgIpc) is 2.78. The lowest BCUT2D eigenvalue weighted by molar-refractivity contribution is -0.124. The van der Waals surface area contributed by atoms with E-state index in [2.05, 4.69) is 10.3 Å². The predicted octanol–water partition coefficient (Wildman–Crippen LogP) is 2.06. The first-order chi connectivity index (χ1) is 8.14. The largest absolute Gasteiger partial charge is 0.326 e. The zero-order valence-electron chi connectivity index (χ0n) is 10.2. The molecule has 1 saturated carbocycles. The van der Waals surface area contributed by atoms with Crippen molar-refractivity contribution in [3.05, 3.63) is 23.9 Å². The van der Waals surface area contributed by atoms with Gasteiger partial charge in [-0.2, -0.15) is 0 Å². The minimum atomic E-state index is -0.214. The first-order valence-corrected chi connectivity index (χ1v) is 6.10. The summed E-state index contributed by atoms with van der Waals surface area (Å²) in [5, 5.41) is 2.88. The number of carbonyl (C=O) groups excluding carboxylic acids is 1. The van der Waals surface area contributed by atoms with Gasteiger partial charge >= 0.3 is 0 Å². The van der Waals surface area contributed by atoms with Crippen molar-refractivity contribution in [3.8, 4) is 0 Å². The Morgan fingerprint density at radius 2 is 2.18 bits per heavy atom. The van der Waals surface area contributed by atoms with Gasteiger partial charge in [0.1, 0.15) is 5.82 Å². The Morgan fingerprint density at radius 3 is 2.71 bits per heavy atom. The quantitative estimate of drug-likeness (QED) is 0.839. The van der Waals surface area contributed by atoms with Crippen LogP contribution in [0.4, 0.5) is 5.82 Å². The van der Waals surface area contributed by atoms with Crippen LogP contribution in [-0.4, -0.2) is 10.9 Å². The minimum Gasteiger partial charge on any atom is -0.326 e. The van der Waals surface area contributed by atoms with E-state index in [0.717, 1.165) is 31.2 Å². The standard InChI is InChI=1S/C13H19N3O/c1-13(6-2-3-7-13)12(17)16-11-5-4-10(8-14)9-15-11/h4-5,9H,2-3,6-8,14H2,1H3,(H,15,16,17). The number of hydrogen-bond acceptors (Lipinski definition) is 3. The van der Waals surface area contributed by atoms with Crippen molar-refractivity contribution in [2.45, 2.75) is 39.2 Å². The molecule has 0 aromatic carbocycles. The fraction of sp³-hybridized carbons (Fsp3) is 0.538. The molecule has 1 aliphatic rings. The van der Waals surface area contributed by atoms with Crippen LogP contribution in [0, 0.1) is 5.41 Å². The number of nitrogens with zero attached hydrogens (tertiary/aromatic N) is 1. The molecular formula is C13H19N3O. The number of anilines is 1. The van der Waals surface area contributed by atoms with Gasteiger partial charge in [0.25, 0.3) is 0 Å². The van der Waals surface area contributed by atoms with Gasteiger partial charge in [-0.15, -0.1) is 0 Å². The van der Waals surface area contributed by atoms with Crippen LogP contribution in [-0.2, 0) is 11.3 Å². The van der Waals surface area contributed by atoms with E-state index in [1.54, 1.807) is 12.3 Å². The second kappa shape index (κ2) is 4.84. The van der Waals surface area contributed by atoms with Crippen LogP contribution in [0.5, 0.6) is 0 Å². The molecule has 0 bridgehead atoms. The Hall–Kier alpha value is -1.42. The lowest BCUT2D eigenvalue weighted by Crippen LogP contribution is -2.31. The number of nitrogens with two attached hydrogens (primary N) is 1. The Bertz CT molecular complexity index is 394.